The summed E-state index contributed by atoms with van der Waals surface area (Å²) in [6, 6.07) is 5.23. The van der Waals surface area contributed by atoms with Crippen molar-refractivity contribution in [2.45, 2.75) is 0 Å². The van der Waals surface area contributed by atoms with Gasteiger partial charge >= 0.3 is 5.97 Å². The first-order valence-corrected chi connectivity index (χ1v) is 3.94. The molecule has 2 rings (SSSR count). The second kappa shape index (κ2) is 2.74. The maximum Gasteiger partial charge on any atom is 0.358 e. The summed E-state index contributed by atoms with van der Waals surface area (Å²) in [7, 11) is 0. The fourth-order valence-electron chi connectivity index (χ4n) is 1.11. The van der Waals surface area contributed by atoms with Gasteiger partial charge in [0.15, 0.2) is 5.69 Å². The van der Waals surface area contributed by atoms with E-state index in [0.717, 1.165) is 0 Å². The molecule has 2 aromatic heterocycles. The molecule has 0 fully saturated rings. The summed E-state index contributed by atoms with van der Waals surface area (Å²) in [5, 5.41) is 12.7. The highest BCUT2D eigenvalue weighted by Gasteiger charge is 2.15. The molecule has 1 N–H and O–H groups in total. The highest BCUT2D eigenvalue weighted by molar-refractivity contribution is 6.36. The molecule has 13 heavy (non-hydrogen) atoms. The monoisotopic (exact) mass is 196 g/mol. The Kier molecular flexibility index (Phi) is 1.70. The molecule has 4 nitrogen and oxygen atoms in total. The molecule has 0 aliphatic carbocycles. The largest absolute Gasteiger partial charge is 0.476 e. The third kappa shape index (κ3) is 1.15. The Morgan fingerprint density at radius 1 is 1.54 bits per heavy atom. The van der Waals surface area contributed by atoms with Crippen molar-refractivity contribution in [1.29, 1.82) is 0 Å². The van der Waals surface area contributed by atoms with Gasteiger partial charge in [-0.25, -0.2) is 9.31 Å². The van der Waals surface area contributed by atoms with Crippen molar-refractivity contribution in [3.63, 3.8) is 0 Å². The number of carboxylic acids is 1. The predicted octanol–water partition coefficient (Wildman–Crippen LogP) is 1.69. The molecule has 2 heterocycles. The molecule has 5 heteroatoms. The molecule has 2 aromatic rings. The molecule has 66 valence electrons. The summed E-state index contributed by atoms with van der Waals surface area (Å²) in [6.07, 6.45) is 1.65. The molecular formula is C8H5ClN2O2. The number of pyridine rings is 1. The van der Waals surface area contributed by atoms with E-state index in [4.69, 9.17) is 16.7 Å². The van der Waals surface area contributed by atoms with E-state index in [1.807, 2.05) is 0 Å². The number of rotatable bonds is 1. The number of aromatic nitrogens is 2. The van der Waals surface area contributed by atoms with Crippen LogP contribution in [0.3, 0.4) is 0 Å². The average Bonchev–Trinajstić information content (AvgIpc) is 2.45. The molecule has 0 aromatic carbocycles. The molecular weight excluding hydrogens is 192 g/mol. The zero-order chi connectivity index (χ0) is 9.42. The quantitative estimate of drug-likeness (QED) is 0.755. The average molecular weight is 197 g/mol. The first-order chi connectivity index (χ1) is 6.20. The first kappa shape index (κ1) is 8.07. The molecule has 0 aliphatic heterocycles. The van der Waals surface area contributed by atoms with Gasteiger partial charge in [-0.05, 0) is 12.1 Å². The standard InChI is InChI=1S/C8H5ClN2O2/c9-6-5-3-1-2-4-11(5)10-7(6)8(12)13/h1-4H,(H,12,13). The predicted molar refractivity (Wildman–Crippen MR) is 47.2 cm³/mol. The molecule has 0 amide bonds. The fraction of sp³-hybridized carbons (Fsp3) is 0. The SMILES string of the molecule is O=C(O)c1nn2ccccc2c1Cl. The zero-order valence-electron chi connectivity index (χ0n) is 6.44. The smallest absolute Gasteiger partial charge is 0.358 e. The van der Waals surface area contributed by atoms with Gasteiger partial charge in [0.05, 0.1) is 5.52 Å². The van der Waals surface area contributed by atoms with Crippen LogP contribution in [0, 0.1) is 0 Å². The van der Waals surface area contributed by atoms with E-state index in [1.165, 1.54) is 4.52 Å². The molecule has 0 aliphatic rings. The van der Waals surface area contributed by atoms with Gasteiger partial charge < -0.3 is 5.11 Å². The molecule has 0 radical (unpaired) electrons. The van der Waals surface area contributed by atoms with E-state index in [1.54, 1.807) is 24.4 Å². The zero-order valence-corrected chi connectivity index (χ0v) is 7.19. The second-order valence-electron chi connectivity index (χ2n) is 2.50. The van der Waals surface area contributed by atoms with E-state index in [2.05, 4.69) is 5.10 Å². The minimum Gasteiger partial charge on any atom is -0.476 e. The lowest BCUT2D eigenvalue weighted by Gasteiger charge is -1.88. The van der Waals surface area contributed by atoms with E-state index >= 15 is 0 Å². The number of halogens is 1. The summed E-state index contributed by atoms with van der Waals surface area (Å²) >= 11 is 5.79. The van der Waals surface area contributed by atoms with Gasteiger partial charge in [-0.2, -0.15) is 5.10 Å². The minimum absolute atomic E-state index is 0.118. The topological polar surface area (TPSA) is 54.6 Å². The summed E-state index contributed by atoms with van der Waals surface area (Å²) in [5.74, 6) is -1.12. The van der Waals surface area contributed by atoms with Crippen LogP contribution in [0.2, 0.25) is 5.02 Å². The van der Waals surface area contributed by atoms with Gasteiger partial charge in [0.25, 0.3) is 0 Å². The highest BCUT2D eigenvalue weighted by atomic mass is 35.5. The third-order valence-corrected chi connectivity index (χ3v) is 2.06. The highest BCUT2D eigenvalue weighted by Crippen LogP contribution is 2.20. The molecule has 0 saturated heterocycles. The van der Waals surface area contributed by atoms with Crippen molar-refractivity contribution in [3.8, 4) is 0 Å². The van der Waals surface area contributed by atoms with Crippen LogP contribution >= 0.6 is 11.6 Å². The number of fused-ring (bicyclic) bond motifs is 1. The first-order valence-electron chi connectivity index (χ1n) is 3.56. The number of carboxylic acid groups (broad SMARTS) is 1. The van der Waals surface area contributed by atoms with Crippen LogP contribution in [-0.4, -0.2) is 20.7 Å². The fourth-order valence-corrected chi connectivity index (χ4v) is 1.37. The van der Waals surface area contributed by atoms with Crippen LogP contribution in [0.5, 0.6) is 0 Å². The lowest BCUT2D eigenvalue weighted by molar-refractivity contribution is 0.0690. The number of nitrogens with zero attached hydrogens (tertiary/aromatic N) is 2. The number of hydrogen-bond donors (Lipinski definition) is 1. The Balaban J connectivity index is 2.81. The molecule has 0 atom stereocenters. The molecule has 0 spiro atoms. The Morgan fingerprint density at radius 3 is 2.92 bits per heavy atom. The van der Waals surface area contributed by atoms with Crippen LogP contribution in [0.15, 0.2) is 24.4 Å². The lowest BCUT2D eigenvalue weighted by Crippen LogP contribution is -1.97. The summed E-state index contributed by atoms with van der Waals surface area (Å²) in [5.41, 5.74) is 0.481. The van der Waals surface area contributed by atoms with E-state index in [9.17, 15) is 4.79 Å². The van der Waals surface area contributed by atoms with Crippen molar-refractivity contribution in [3.05, 3.63) is 35.1 Å². The Bertz CT molecular complexity index is 478. The van der Waals surface area contributed by atoms with Gasteiger partial charge in [0.1, 0.15) is 5.02 Å². The number of carbonyl (C=O) groups is 1. The maximum absolute atomic E-state index is 10.6. The maximum atomic E-state index is 10.6. The Hall–Kier alpha value is -1.55. The second-order valence-corrected chi connectivity index (χ2v) is 2.88. The third-order valence-electron chi connectivity index (χ3n) is 1.68. The van der Waals surface area contributed by atoms with Crippen LogP contribution in [0.4, 0.5) is 0 Å². The molecule has 0 saturated carbocycles. The van der Waals surface area contributed by atoms with Gasteiger partial charge in [-0.1, -0.05) is 17.7 Å². The number of hydrogen-bond acceptors (Lipinski definition) is 2. The minimum atomic E-state index is -1.12. The van der Waals surface area contributed by atoms with Gasteiger partial charge in [-0.3, -0.25) is 0 Å². The molecule has 0 bridgehead atoms. The van der Waals surface area contributed by atoms with Crippen LogP contribution in [-0.2, 0) is 0 Å². The van der Waals surface area contributed by atoms with E-state index in [0.29, 0.717) is 5.52 Å². The summed E-state index contributed by atoms with van der Waals surface area (Å²) < 4.78 is 1.44. The van der Waals surface area contributed by atoms with E-state index in [-0.39, 0.29) is 10.7 Å². The van der Waals surface area contributed by atoms with Crippen molar-refractivity contribution in [1.82, 2.24) is 9.61 Å². The van der Waals surface area contributed by atoms with Crippen molar-refractivity contribution in [2.75, 3.05) is 0 Å². The van der Waals surface area contributed by atoms with Crippen LogP contribution in [0.25, 0.3) is 5.52 Å². The molecule has 0 unspecified atom stereocenters. The normalized spacial score (nSPS) is 10.5. The van der Waals surface area contributed by atoms with Gasteiger partial charge in [-0.15, -0.1) is 0 Å². The Labute approximate surface area is 78.4 Å². The number of aromatic carboxylic acids is 1. The lowest BCUT2D eigenvalue weighted by atomic mass is 10.3. The van der Waals surface area contributed by atoms with Crippen molar-refractivity contribution < 1.29 is 9.90 Å². The summed E-state index contributed by atoms with van der Waals surface area (Å²) in [6.45, 7) is 0. The van der Waals surface area contributed by atoms with Crippen LogP contribution in [0.1, 0.15) is 10.5 Å². The summed E-state index contributed by atoms with van der Waals surface area (Å²) in [4.78, 5) is 10.6. The van der Waals surface area contributed by atoms with Gasteiger partial charge in [0.2, 0.25) is 0 Å². The van der Waals surface area contributed by atoms with Crippen molar-refractivity contribution in [2.24, 2.45) is 0 Å². The van der Waals surface area contributed by atoms with Crippen LogP contribution < -0.4 is 0 Å². The van der Waals surface area contributed by atoms with Crippen molar-refractivity contribution >= 4 is 23.1 Å². The van der Waals surface area contributed by atoms with Gasteiger partial charge in [0, 0.05) is 6.20 Å². The van der Waals surface area contributed by atoms with E-state index < -0.39 is 5.97 Å². The Morgan fingerprint density at radius 2 is 2.31 bits per heavy atom.